The highest BCUT2D eigenvalue weighted by Crippen LogP contribution is 2.12. The molecular weight excluding hydrogens is 218 g/mol. The molecule has 94 valence electrons. The number of carbonyl (C=O) groups excluding carboxylic acids is 1. The van der Waals surface area contributed by atoms with Crippen molar-refractivity contribution in [3.05, 3.63) is 18.1 Å². The summed E-state index contributed by atoms with van der Waals surface area (Å²) in [6.07, 6.45) is 3.63. The van der Waals surface area contributed by atoms with Crippen molar-refractivity contribution in [1.29, 1.82) is 0 Å². The van der Waals surface area contributed by atoms with E-state index in [1.54, 1.807) is 6.07 Å². The summed E-state index contributed by atoms with van der Waals surface area (Å²) in [5.41, 5.74) is 0.299. The monoisotopic (exact) mass is 237 g/mol. The van der Waals surface area contributed by atoms with Gasteiger partial charge < -0.3 is 9.64 Å². The highest BCUT2D eigenvalue weighted by atomic mass is 16.5. The van der Waals surface area contributed by atoms with Gasteiger partial charge in [-0.2, -0.15) is 0 Å². The molecule has 0 atom stereocenters. The van der Waals surface area contributed by atoms with Crippen molar-refractivity contribution in [3.8, 4) is 0 Å². The maximum atomic E-state index is 11.4. The molecule has 0 aromatic carbocycles. The van der Waals surface area contributed by atoms with Gasteiger partial charge in [-0.3, -0.25) is 0 Å². The van der Waals surface area contributed by atoms with Crippen LogP contribution in [-0.4, -0.2) is 36.1 Å². The van der Waals surface area contributed by atoms with E-state index in [-0.39, 0.29) is 0 Å². The normalized spacial score (nSPS) is 10.1. The zero-order valence-electron chi connectivity index (χ0n) is 10.6. The van der Waals surface area contributed by atoms with E-state index in [0.29, 0.717) is 5.69 Å². The number of aromatic nitrogens is 2. The number of carbonyl (C=O) groups is 1. The van der Waals surface area contributed by atoms with Crippen molar-refractivity contribution in [2.45, 2.75) is 26.7 Å². The molecule has 5 nitrogen and oxygen atoms in total. The molecule has 0 saturated heterocycles. The van der Waals surface area contributed by atoms with Gasteiger partial charge in [0, 0.05) is 19.2 Å². The topological polar surface area (TPSA) is 55.3 Å². The van der Waals surface area contributed by atoms with Gasteiger partial charge in [0.2, 0.25) is 0 Å². The Bertz CT molecular complexity index is 369. The van der Waals surface area contributed by atoms with Crippen LogP contribution in [0.1, 0.15) is 37.2 Å². The van der Waals surface area contributed by atoms with Crippen LogP contribution in [0.25, 0.3) is 0 Å². The molecular formula is C12H19N3O2. The summed E-state index contributed by atoms with van der Waals surface area (Å²) >= 11 is 0. The molecule has 0 unspecified atom stereocenters. The Labute approximate surface area is 102 Å². The highest BCUT2D eigenvalue weighted by Gasteiger charge is 2.11. The van der Waals surface area contributed by atoms with Crippen LogP contribution < -0.4 is 4.90 Å². The van der Waals surface area contributed by atoms with Crippen LogP contribution >= 0.6 is 0 Å². The fourth-order valence-electron chi connectivity index (χ4n) is 1.52. The Hall–Kier alpha value is -1.65. The zero-order valence-corrected chi connectivity index (χ0v) is 10.6. The fourth-order valence-corrected chi connectivity index (χ4v) is 1.52. The predicted octanol–water partition coefficient (Wildman–Crippen LogP) is 1.89. The molecule has 0 amide bonds. The third-order valence-electron chi connectivity index (χ3n) is 2.53. The summed E-state index contributed by atoms with van der Waals surface area (Å²) < 4.78 is 4.64. The number of anilines is 1. The molecule has 0 radical (unpaired) electrons. The van der Waals surface area contributed by atoms with Crippen LogP contribution in [0.5, 0.6) is 0 Å². The first-order chi connectivity index (χ1) is 8.22. The molecule has 0 spiro atoms. The minimum Gasteiger partial charge on any atom is -0.464 e. The van der Waals surface area contributed by atoms with Crippen LogP contribution in [0, 0.1) is 0 Å². The van der Waals surface area contributed by atoms with Gasteiger partial charge in [-0.25, -0.2) is 14.8 Å². The lowest BCUT2D eigenvalue weighted by Crippen LogP contribution is -2.25. The van der Waals surface area contributed by atoms with E-state index in [4.69, 9.17) is 0 Å². The van der Waals surface area contributed by atoms with E-state index < -0.39 is 5.97 Å². The minimum atomic E-state index is -0.430. The summed E-state index contributed by atoms with van der Waals surface area (Å²) in [6, 6.07) is 1.67. The van der Waals surface area contributed by atoms with Crippen LogP contribution in [-0.2, 0) is 4.74 Å². The summed E-state index contributed by atoms with van der Waals surface area (Å²) in [4.78, 5) is 21.6. The maximum absolute atomic E-state index is 11.4. The Morgan fingerprint density at radius 3 is 2.76 bits per heavy atom. The molecule has 0 aliphatic rings. The SMILES string of the molecule is CCCCN(CC)c1cc(C(=O)OC)ncn1. The summed E-state index contributed by atoms with van der Waals surface area (Å²) in [6.45, 7) is 6.01. The Kier molecular flexibility index (Phi) is 5.39. The first kappa shape index (κ1) is 13.4. The Balaban J connectivity index is 2.84. The molecule has 5 heteroatoms. The molecule has 1 aromatic heterocycles. The van der Waals surface area contributed by atoms with Gasteiger partial charge in [0.1, 0.15) is 12.1 Å². The van der Waals surface area contributed by atoms with Gasteiger partial charge in [-0.1, -0.05) is 13.3 Å². The second kappa shape index (κ2) is 6.83. The highest BCUT2D eigenvalue weighted by molar-refractivity contribution is 5.87. The number of nitrogens with zero attached hydrogens (tertiary/aromatic N) is 3. The van der Waals surface area contributed by atoms with Gasteiger partial charge in [0.25, 0.3) is 0 Å². The Morgan fingerprint density at radius 2 is 2.18 bits per heavy atom. The minimum absolute atomic E-state index is 0.299. The largest absolute Gasteiger partial charge is 0.464 e. The molecule has 0 saturated carbocycles. The molecule has 0 N–H and O–H groups in total. The average molecular weight is 237 g/mol. The summed E-state index contributed by atoms with van der Waals surface area (Å²) in [5.74, 6) is 0.344. The van der Waals surface area contributed by atoms with E-state index in [1.165, 1.54) is 13.4 Å². The molecule has 0 aliphatic carbocycles. The molecule has 17 heavy (non-hydrogen) atoms. The van der Waals surface area contributed by atoms with Crippen molar-refractivity contribution in [3.63, 3.8) is 0 Å². The van der Waals surface area contributed by atoms with Crippen LogP contribution in [0.3, 0.4) is 0 Å². The molecule has 1 rings (SSSR count). The predicted molar refractivity (Wildman–Crippen MR) is 66.2 cm³/mol. The molecule has 0 bridgehead atoms. The van der Waals surface area contributed by atoms with Crippen LogP contribution in [0.2, 0.25) is 0 Å². The summed E-state index contributed by atoms with van der Waals surface area (Å²) in [7, 11) is 1.35. The lowest BCUT2D eigenvalue weighted by atomic mass is 10.3. The maximum Gasteiger partial charge on any atom is 0.356 e. The second-order valence-corrected chi connectivity index (χ2v) is 3.69. The van der Waals surface area contributed by atoms with Crippen LogP contribution in [0.15, 0.2) is 12.4 Å². The first-order valence-electron chi connectivity index (χ1n) is 5.88. The number of hydrogen-bond donors (Lipinski definition) is 0. The number of methoxy groups -OCH3 is 1. The lowest BCUT2D eigenvalue weighted by Gasteiger charge is -2.21. The van der Waals surface area contributed by atoms with Crippen molar-refractivity contribution < 1.29 is 9.53 Å². The standard InChI is InChI=1S/C12H19N3O2/c1-4-6-7-15(5-2)11-8-10(12(16)17-3)13-9-14-11/h8-9H,4-7H2,1-3H3. The smallest absolute Gasteiger partial charge is 0.356 e. The van der Waals surface area contributed by atoms with Gasteiger partial charge >= 0.3 is 5.97 Å². The van der Waals surface area contributed by atoms with E-state index in [1.807, 2.05) is 0 Å². The van der Waals surface area contributed by atoms with Gasteiger partial charge in [0.15, 0.2) is 5.69 Å². The third kappa shape index (κ3) is 3.69. The number of esters is 1. The van der Waals surface area contributed by atoms with Gasteiger partial charge in [0.05, 0.1) is 7.11 Å². The van der Waals surface area contributed by atoms with Crippen molar-refractivity contribution in [1.82, 2.24) is 9.97 Å². The Morgan fingerprint density at radius 1 is 1.41 bits per heavy atom. The molecule has 1 aromatic rings. The number of hydrogen-bond acceptors (Lipinski definition) is 5. The summed E-state index contributed by atoms with van der Waals surface area (Å²) in [5, 5.41) is 0. The van der Waals surface area contributed by atoms with E-state index >= 15 is 0 Å². The van der Waals surface area contributed by atoms with E-state index in [0.717, 1.165) is 31.7 Å². The van der Waals surface area contributed by atoms with E-state index in [9.17, 15) is 4.79 Å². The molecule has 1 heterocycles. The van der Waals surface area contributed by atoms with Crippen molar-refractivity contribution >= 4 is 11.8 Å². The number of ether oxygens (including phenoxy) is 1. The van der Waals surface area contributed by atoms with Crippen molar-refractivity contribution in [2.24, 2.45) is 0 Å². The van der Waals surface area contributed by atoms with Gasteiger partial charge in [-0.15, -0.1) is 0 Å². The number of unbranched alkanes of at least 4 members (excludes halogenated alkanes) is 1. The molecule has 0 fully saturated rings. The first-order valence-corrected chi connectivity index (χ1v) is 5.88. The lowest BCUT2D eigenvalue weighted by molar-refractivity contribution is 0.0594. The van der Waals surface area contributed by atoms with Crippen LogP contribution in [0.4, 0.5) is 5.82 Å². The zero-order chi connectivity index (χ0) is 12.7. The second-order valence-electron chi connectivity index (χ2n) is 3.69. The van der Waals surface area contributed by atoms with E-state index in [2.05, 4.69) is 33.5 Å². The van der Waals surface area contributed by atoms with Gasteiger partial charge in [-0.05, 0) is 13.3 Å². The fraction of sp³-hybridized carbons (Fsp3) is 0.583. The quantitative estimate of drug-likeness (QED) is 0.707. The molecule has 0 aliphatic heterocycles. The third-order valence-corrected chi connectivity index (χ3v) is 2.53. The average Bonchev–Trinajstić information content (AvgIpc) is 2.39. The number of rotatable bonds is 6. The van der Waals surface area contributed by atoms with Crippen molar-refractivity contribution in [2.75, 3.05) is 25.1 Å².